The Bertz CT molecular complexity index is 167. The van der Waals surface area contributed by atoms with Crippen molar-refractivity contribution in [3.63, 3.8) is 0 Å². The first kappa shape index (κ1) is 12.2. The third kappa shape index (κ3) is 2.81. The van der Waals surface area contributed by atoms with Gasteiger partial charge >= 0.3 is 0 Å². The predicted molar refractivity (Wildman–Crippen MR) is 52.6 cm³/mol. The summed E-state index contributed by atoms with van der Waals surface area (Å²) in [6.07, 6.45) is 0.328. The van der Waals surface area contributed by atoms with Crippen molar-refractivity contribution in [2.45, 2.75) is 30.3 Å². The third-order valence-corrected chi connectivity index (χ3v) is 2.66. The summed E-state index contributed by atoms with van der Waals surface area (Å²) in [5.74, 6) is 0. The molecule has 14 heavy (non-hydrogen) atoms. The Labute approximate surface area is 89.4 Å². The third-order valence-electron chi connectivity index (χ3n) is 2.38. The highest BCUT2D eigenvalue weighted by Gasteiger charge is 2.38. The van der Waals surface area contributed by atoms with Crippen molar-refractivity contribution in [2.75, 3.05) is 27.9 Å². The van der Waals surface area contributed by atoms with E-state index in [0.717, 1.165) is 0 Å². The Balaban J connectivity index is 2.60. The van der Waals surface area contributed by atoms with Gasteiger partial charge in [0, 0.05) is 27.8 Å². The summed E-state index contributed by atoms with van der Waals surface area (Å²) in [5.41, 5.74) is -0.327. The lowest BCUT2D eigenvalue weighted by atomic mass is 10.0. The first-order valence-electron chi connectivity index (χ1n) is 4.57. The molecule has 0 N–H and O–H groups in total. The molecule has 0 aromatic rings. The van der Waals surface area contributed by atoms with Gasteiger partial charge in [0.2, 0.25) is 0 Å². The summed E-state index contributed by atoms with van der Waals surface area (Å²) in [4.78, 5) is 0. The highest BCUT2D eigenvalue weighted by atomic mass is 35.5. The van der Waals surface area contributed by atoms with Crippen LogP contribution in [0.4, 0.5) is 0 Å². The number of alkyl halides is 1. The zero-order valence-electron chi connectivity index (χ0n) is 8.73. The Morgan fingerprint density at radius 1 is 1.29 bits per heavy atom. The number of rotatable bonds is 4. The molecule has 0 spiro atoms. The van der Waals surface area contributed by atoms with Gasteiger partial charge in [-0.3, -0.25) is 0 Å². The van der Waals surface area contributed by atoms with Crippen LogP contribution in [0.25, 0.3) is 0 Å². The zero-order valence-corrected chi connectivity index (χ0v) is 9.49. The minimum Gasteiger partial charge on any atom is -0.382 e. The van der Waals surface area contributed by atoms with Crippen molar-refractivity contribution in [1.82, 2.24) is 0 Å². The average molecular weight is 225 g/mol. The van der Waals surface area contributed by atoms with Gasteiger partial charge in [0.05, 0.1) is 12.7 Å². The Hall–Kier alpha value is 0.130. The van der Waals surface area contributed by atoms with Crippen LogP contribution in [0.5, 0.6) is 0 Å². The summed E-state index contributed by atoms with van der Waals surface area (Å²) in [7, 11) is 4.91. The van der Waals surface area contributed by atoms with Crippen molar-refractivity contribution in [1.29, 1.82) is 0 Å². The molecule has 1 saturated heterocycles. The molecular weight excluding hydrogens is 208 g/mol. The van der Waals surface area contributed by atoms with E-state index in [9.17, 15) is 0 Å². The van der Waals surface area contributed by atoms with Crippen molar-refractivity contribution in [3.05, 3.63) is 0 Å². The maximum atomic E-state index is 5.93. The fourth-order valence-corrected chi connectivity index (χ4v) is 2.02. The van der Waals surface area contributed by atoms with Gasteiger partial charge in [0.25, 0.3) is 0 Å². The van der Waals surface area contributed by atoms with E-state index >= 15 is 0 Å². The molecule has 0 aliphatic carbocycles. The van der Waals surface area contributed by atoms with Gasteiger partial charge in [0.1, 0.15) is 17.8 Å². The molecule has 1 fully saturated rings. The monoisotopic (exact) mass is 224 g/mol. The van der Waals surface area contributed by atoms with E-state index in [1.165, 1.54) is 0 Å². The van der Waals surface area contributed by atoms with Gasteiger partial charge in [-0.15, -0.1) is 0 Å². The van der Waals surface area contributed by atoms with Crippen molar-refractivity contribution >= 4 is 11.6 Å². The van der Waals surface area contributed by atoms with Gasteiger partial charge < -0.3 is 18.9 Å². The van der Waals surface area contributed by atoms with Crippen LogP contribution in [0.15, 0.2) is 0 Å². The summed E-state index contributed by atoms with van der Waals surface area (Å²) >= 11 is 5.93. The van der Waals surface area contributed by atoms with Gasteiger partial charge in [-0.2, -0.15) is 0 Å². The normalized spacial score (nSPS) is 38.6. The first-order valence-corrected chi connectivity index (χ1v) is 5.00. The van der Waals surface area contributed by atoms with Crippen molar-refractivity contribution < 1.29 is 18.9 Å². The van der Waals surface area contributed by atoms with Gasteiger partial charge in [-0.1, -0.05) is 11.6 Å². The van der Waals surface area contributed by atoms with Gasteiger partial charge in [-0.25, -0.2) is 0 Å². The molecule has 0 aromatic carbocycles. The van der Waals surface area contributed by atoms with E-state index in [1.54, 1.807) is 21.3 Å². The summed E-state index contributed by atoms with van der Waals surface area (Å²) < 4.78 is 21.1. The second-order valence-corrected chi connectivity index (χ2v) is 3.74. The highest BCUT2D eigenvalue weighted by Crippen LogP contribution is 2.26. The lowest BCUT2D eigenvalue weighted by Crippen LogP contribution is -2.50. The zero-order chi connectivity index (χ0) is 10.6. The van der Waals surface area contributed by atoms with E-state index in [4.69, 9.17) is 30.5 Å². The molecule has 0 radical (unpaired) electrons. The highest BCUT2D eigenvalue weighted by molar-refractivity contribution is 6.19. The Kier molecular flexibility index (Phi) is 5.12. The lowest BCUT2D eigenvalue weighted by Gasteiger charge is -2.38. The second kappa shape index (κ2) is 5.88. The molecule has 5 heteroatoms. The smallest absolute Gasteiger partial charge is 0.134 e. The maximum Gasteiger partial charge on any atom is 0.134 e. The number of methoxy groups -OCH3 is 3. The van der Waals surface area contributed by atoms with E-state index in [1.807, 2.05) is 0 Å². The Morgan fingerprint density at radius 3 is 2.50 bits per heavy atom. The van der Waals surface area contributed by atoms with Crippen LogP contribution in [0.1, 0.15) is 6.42 Å². The minimum atomic E-state index is -0.327. The lowest BCUT2D eigenvalue weighted by molar-refractivity contribution is -0.181. The van der Waals surface area contributed by atoms with Crippen LogP contribution >= 0.6 is 11.6 Å². The predicted octanol–water partition coefficient (Wildman–Crippen LogP) is 1.02. The van der Waals surface area contributed by atoms with E-state index in [0.29, 0.717) is 13.0 Å². The Morgan fingerprint density at radius 2 is 2.00 bits per heavy atom. The van der Waals surface area contributed by atoms with Crippen LogP contribution < -0.4 is 0 Å². The van der Waals surface area contributed by atoms with Gasteiger partial charge in [0.15, 0.2) is 0 Å². The molecule has 1 rings (SSSR count). The summed E-state index contributed by atoms with van der Waals surface area (Å²) in [6.45, 7) is 0.460. The van der Waals surface area contributed by atoms with Crippen LogP contribution in [0, 0.1) is 0 Å². The van der Waals surface area contributed by atoms with E-state index in [-0.39, 0.29) is 23.9 Å². The molecule has 84 valence electrons. The van der Waals surface area contributed by atoms with Crippen LogP contribution in [0.3, 0.4) is 0 Å². The number of ether oxygens (including phenoxy) is 4. The molecule has 1 aliphatic rings. The van der Waals surface area contributed by atoms with Crippen LogP contribution in [-0.2, 0) is 18.9 Å². The molecular formula is C9H17ClO4. The molecule has 1 aliphatic heterocycles. The standard InChI is InChI=1S/C9H17ClO4/c1-11-5-7-9(13-3)6(12-2)4-8(10)14-7/h6-9H,4-5H2,1-3H3. The largest absolute Gasteiger partial charge is 0.382 e. The molecule has 0 saturated carbocycles. The summed E-state index contributed by atoms with van der Waals surface area (Å²) in [5, 5.41) is 0. The van der Waals surface area contributed by atoms with Crippen LogP contribution in [-0.4, -0.2) is 51.8 Å². The number of hydrogen-bond donors (Lipinski definition) is 0. The molecule has 4 unspecified atom stereocenters. The quantitative estimate of drug-likeness (QED) is 0.669. The van der Waals surface area contributed by atoms with Crippen molar-refractivity contribution in [3.8, 4) is 0 Å². The topological polar surface area (TPSA) is 36.9 Å². The van der Waals surface area contributed by atoms with Crippen molar-refractivity contribution in [2.24, 2.45) is 0 Å². The van der Waals surface area contributed by atoms with E-state index < -0.39 is 0 Å². The number of hydrogen-bond acceptors (Lipinski definition) is 4. The second-order valence-electron chi connectivity index (χ2n) is 3.25. The molecule has 0 bridgehead atoms. The summed E-state index contributed by atoms with van der Waals surface area (Å²) in [6, 6.07) is 0. The minimum absolute atomic E-state index is 0.0311. The first-order chi connectivity index (χ1) is 6.72. The molecule has 0 aromatic heterocycles. The molecule has 4 nitrogen and oxygen atoms in total. The SMILES string of the molecule is COCC1OC(Cl)CC(OC)C1OC. The average Bonchev–Trinajstić information content (AvgIpc) is 2.17. The number of halogens is 1. The molecule has 0 amide bonds. The maximum absolute atomic E-state index is 5.93. The molecule has 4 atom stereocenters. The fourth-order valence-electron chi connectivity index (χ4n) is 1.71. The van der Waals surface area contributed by atoms with E-state index in [2.05, 4.69) is 0 Å². The van der Waals surface area contributed by atoms with Gasteiger partial charge in [-0.05, 0) is 0 Å². The molecule has 1 heterocycles. The fraction of sp³-hybridized carbons (Fsp3) is 1.00. The van der Waals surface area contributed by atoms with Crippen LogP contribution in [0.2, 0.25) is 0 Å².